The molecule has 5 nitrogen and oxygen atoms in total. The number of ether oxygens (including phenoxy) is 1. The van der Waals surface area contributed by atoms with Gasteiger partial charge in [-0.15, -0.1) is 0 Å². The molecule has 1 saturated heterocycles. The maximum atomic E-state index is 5.50. The van der Waals surface area contributed by atoms with Crippen molar-refractivity contribution in [3.8, 4) is 11.3 Å². The van der Waals surface area contributed by atoms with Crippen molar-refractivity contribution in [3.05, 3.63) is 36.2 Å². The number of hydrogen-bond acceptors (Lipinski definition) is 5. The lowest BCUT2D eigenvalue weighted by atomic mass is 10.0. The third kappa shape index (κ3) is 2.78. The Morgan fingerprint density at radius 2 is 2.18 bits per heavy atom. The van der Waals surface area contributed by atoms with E-state index in [9.17, 15) is 0 Å². The molecular weight excluding hydrogens is 278 g/mol. The van der Waals surface area contributed by atoms with E-state index in [1.165, 1.54) is 17.7 Å². The SMILES string of the molecule is c1nc2c(c(-c3ccoc3)n1)CCN(C[C@H]1CCOC1)CC2. The Morgan fingerprint density at radius 1 is 1.23 bits per heavy atom. The molecule has 4 heterocycles. The number of rotatable bonds is 3. The van der Waals surface area contributed by atoms with Crippen LogP contribution in [-0.4, -0.2) is 47.7 Å². The summed E-state index contributed by atoms with van der Waals surface area (Å²) in [6, 6.07) is 1.97. The first-order chi connectivity index (χ1) is 10.9. The molecule has 2 aromatic rings. The van der Waals surface area contributed by atoms with Crippen LogP contribution in [0.3, 0.4) is 0 Å². The van der Waals surface area contributed by atoms with Gasteiger partial charge < -0.3 is 14.1 Å². The summed E-state index contributed by atoms with van der Waals surface area (Å²) >= 11 is 0. The molecule has 0 aromatic carbocycles. The Labute approximate surface area is 130 Å². The highest BCUT2D eigenvalue weighted by atomic mass is 16.5. The van der Waals surface area contributed by atoms with E-state index in [1.54, 1.807) is 18.9 Å². The van der Waals surface area contributed by atoms with Crippen LogP contribution in [0.5, 0.6) is 0 Å². The molecule has 0 bridgehead atoms. The van der Waals surface area contributed by atoms with Crippen LogP contribution in [0.4, 0.5) is 0 Å². The van der Waals surface area contributed by atoms with Gasteiger partial charge in [-0.3, -0.25) is 0 Å². The Hall–Kier alpha value is -1.72. The van der Waals surface area contributed by atoms with E-state index < -0.39 is 0 Å². The van der Waals surface area contributed by atoms with Crippen LogP contribution in [0.25, 0.3) is 11.3 Å². The van der Waals surface area contributed by atoms with Crippen LogP contribution in [0.2, 0.25) is 0 Å². The molecule has 1 atom stereocenters. The van der Waals surface area contributed by atoms with Crippen LogP contribution >= 0.6 is 0 Å². The lowest BCUT2D eigenvalue weighted by molar-refractivity contribution is 0.168. The van der Waals surface area contributed by atoms with E-state index in [2.05, 4.69) is 14.9 Å². The Balaban J connectivity index is 1.53. The Kier molecular flexibility index (Phi) is 3.91. The molecular formula is C17H21N3O2. The van der Waals surface area contributed by atoms with Crippen molar-refractivity contribution in [1.82, 2.24) is 14.9 Å². The van der Waals surface area contributed by atoms with Crippen molar-refractivity contribution in [2.24, 2.45) is 5.92 Å². The van der Waals surface area contributed by atoms with E-state index in [-0.39, 0.29) is 0 Å². The molecule has 0 aliphatic carbocycles. The van der Waals surface area contributed by atoms with Crippen LogP contribution < -0.4 is 0 Å². The van der Waals surface area contributed by atoms with Crippen molar-refractivity contribution < 1.29 is 9.15 Å². The number of aromatic nitrogens is 2. The Bertz CT molecular complexity index is 621. The molecule has 0 unspecified atom stereocenters. The predicted molar refractivity (Wildman–Crippen MR) is 82.5 cm³/mol. The summed E-state index contributed by atoms with van der Waals surface area (Å²) < 4.78 is 10.7. The molecule has 0 N–H and O–H groups in total. The highest BCUT2D eigenvalue weighted by molar-refractivity contribution is 5.62. The lowest BCUT2D eigenvalue weighted by Gasteiger charge is -2.22. The average molecular weight is 299 g/mol. The molecule has 0 radical (unpaired) electrons. The van der Waals surface area contributed by atoms with Gasteiger partial charge in [0.2, 0.25) is 0 Å². The molecule has 0 amide bonds. The first kappa shape index (κ1) is 13.9. The highest BCUT2D eigenvalue weighted by Gasteiger charge is 2.23. The number of nitrogens with zero attached hydrogens (tertiary/aromatic N) is 3. The van der Waals surface area contributed by atoms with Gasteiger partial charge in [0, 0.05) is 49.5 Å². The smallest absolute Gasteiger partial charge is 0.116 e. The molecule has 2 aliphatic rings. The second-order valence-corrected chi connectivity index (χ2v) is 6.19. The topological polar surface area (TPSA) is 51.4 Å². The van der Waals surface area contributed by atoms with E-state index in [0.717, 1.165) is 56.9 Å². The van der Waals surface area contributed by atoms with Gasteiger partial charge in [-0.25, -0.2) is 9.97 Å². The molecule has 116 valence electrons. The van der Waals surface area contributed by atoms with E-state index in [0.29, 0.717) is 5.92 Å². The average Bonchev–Trinajstić information content (AvgIpc) is 3.20. The molecule has 4 rings (SSSR count). The fourth-order valence-electron chi connectivity index (χ4n) is 3.50. The number of furan rings is 1. The normalized spacial score (nSPS) is 22.5. The van der Waals surface area contributed by atoms with E-state index >= 15 is 0 Å². The van der Waals surface area contributed by atoms with Gasteiger partial charge in [-0.1, -0.05) is 0 Å². The minimum atomic E-state index is 0.695. The Morgan fingerprint density at radius 3 is 3.00 bits per heavy atom. The van der Waals surface area contributed by atoms with E-state index in [4.69, 9.17) is 9.15 Å². The maximum Gasteiger partial charge on any atom is 0.116 e. The summed E-state index contributed by atoms with van der Waals surface area (Å²) in [5, 5.41) is 0. The van der Waals surface area contributed by atoms with Gasteiger partial charge >= 0.3 is 0 Å². The summed E-state index contributed by atoms with van der Waals surface area (Å²) in [6.45, 7) is 5.13. The van der Waals surface area contributed by atoms with Gasteiger partial charge in [0.1, 0.15) is 6.33 Å². The van der Waals surface area contributed by atoms with Gasteiger partial charge in [0.15, 0.2) is 0 Å². The molecule has 1 fully saturated rings. The van der Waals surface area contributed by atoms with Gasteiger partial charge in [-0.05, 0) is 24.8 Å². The van der Waals surface area contributed by atoms with Crippen molar-refractivity contribution in [2.75, 3.05) is 32.8 Å². The monoisotopic (exact) mass is 299 g/mol. The largest absolute Gasteiger partial charge is 0.472 e. The zero-order valence-corrected chi connectivity index (χ0v) is 12.7. The van der Waals surface area contributed by atoms with Crippen LogP contribution in [0, 0.1) is 5.92 Å². The minimum Gasteiger partial charge on any atom is -0.472 e. The first-order valence-electron chi connectivity index (χ1n) is 8.05. The van der Waals surface area contributed by atoms with Crippen LogP contribution in [-0.2, 0) is 17.6 Å². The fraction of sp³-hybridized carbons (Fsp3) is 0.529. The standard InChI is InChI=1S/C17H21N3O2/c1-5-20(9-13-3-7-21-10-13)6-2-16-15(1)17(19-12-18-16)14-4-8-22-11-14/h4,8,11-13H,1-3,5-7,9-10H2/t13-/m1/s1. The van der Waals surface area contributed by atoms with Crippen molar-refractivity contribution in [1.29, 1.82) is 0 Å². The van der Waals surface area contributed by atoms with Gasteiger partial charge in [0.25, 0.3) is 0 Å². The zero-order chi connectivity index (χ0) is 14.8. The summed E-state index contributed by atoms with van der Waals surface area (Å²) in [7, 11) is 0. The third-order valence-corrected chi connectivity index (χ3v) is 4.71. The quantitative estimate of drug-likeness (QED) is 0.869. The summed E-state index contributed by atoms with van der Waals surface area (Å²) in [4.78, 5) is 11.6. The van der Waals surface area contributed by atoms with Gasteiger partial charge in [-0.2, -0.15) is 0 Å². The lowest BCUT2D eigenvalue weighted by Crippen LogP contribution is -2.32. The summed E-state index contributed by atoms with van der Waals surface area (Å²) in [5.74, 6) is 0.695. The van der Waals surface area contributed by atoms with Crippen molar-refractivity contribution in [3.63, 3.8) is 0 Å². The molecule has 0 saturated carbocycles. The predicted octanol–water partition coefficient (Wildman–Crippen LogP) is 2.17. The highest BCUT2D eigenvalue weighted by Crippen LogP contribution is 2.26. The molecule has 5 heteroatoms. The second-order valence-electron chi connectivity index (χ2n) is 6.19. The number of hydrogen-bond donors (Lipinski definition) is 0. The van der Waals surface area contributed by atoms with Crippen LogP contribution in [0.1, 0.15) is 17.7 Å². The molecule has 2 aromatic heterocycles. The maximum absolute atomic E-state index is 5.50. The fourth-order valence-corrected chi connectivity index (χ4v) is 3.50. The second kappa shape index (κ2) is 6.18. The van der Waals surface area contributed by atoms with E-state index in [1.807, 2.05) is 6.07 Å². The van der Waals surface area contributed by atoms with Crippen LogP contribution in [0.15, 0.2) is 29.3 Å². The van der Waals surface area contributed by atoms with Crippen molar-refractivity contribution in [2.45, 2.75) is 19.3 Å². The minimum absolute atomic E-state index is 0.695. The third-order valence-electron chi connectivity index (χ3n) is 4.71. The summed E-state index contributed by atoms with van der Waals surface area (Å²) in [5.41, 5.74) is 4.56. The molecule has 22 heavy (non-hydrogen) atoms. The molecule has 0 spiro atoms. The zero-order valence-electron chi connectivity index (χ0n) is 12.7. The number of fused-ring (bicyclic) bond motifs is 1. The van der Waals surface area contributed by atoms with Gasteiger partial charge in [0.05, 0.1) is 24.8 Å². The summed E-state index contributed by atoms with van der Waals surface area (Å²) in [6.07, 6.45) is 8.35. The molecule has 2 aliphatic heterocycles. The first-order valence-corrected chi connectivity index (χ1v) is 8.05. The van der Waals surface area contributed by atoms with Crippen molar-refractivity contribution >= 4 is 0 Å².